The number of carbonyl (C=O) groups is 2. The lowest BCUT2D eigenvalue weighted by Crippen LogP contribution is -2.25. The number of ketones is 1. The Balaban J connectivity index is 1.35. The van der Waals surface area contributed by atoms with Gasteiger partial charge in [-0.2, -0.15) is 0 Å². The van der Waals surface area contributed by atoms with Crippen molar-refractivity contribution < 1.29 is 9.59 Å². The number of benzene rings is 2. The molecule has 0 aliphatic rings. The Morgan fingerprint density at radius 3 is 2.54 bits per heavy atom. The van der Waals surface area contributed by atoms with Crippen LogP contribution in [0.2, 0.25) is 0 Å². The van der Waals surface area contributed by atoms with E-state index in [0.29, 0.717) is 12.1 Å². The van der Waals surface area contributed by atoms with Crippen LogP contribution in [0.4, 0.5) is 0 Å². The van der Waals surface area contributed by atoms with Gasteiger partial charge in [0, 0.05) is 31.4 Å². The summed E-state index contributed by atoms with van der Waals surface area (Å²) in [6.45, 7) is 2.71. The number of para-hydroxylation sites is 2. The van der Waals surface area contributed by atoms with Crippen LogP contribution in [0.1, 0.15) is 54.4 Å². The number of aromatic amines is 1. The molecule has 0 atom stereocenters. The predicted molar refractivity (Wildman–Crippen MR) is 111 cm³/mol. The zero-order valence-corrected chi connectivity index (χ0v) is 16.3. The molecule has 0 saturated heterocycles. The molecular formula is C23H27N3O2. The summed E-state index contributed by atoms with van der Waals surface area (Å²) >= 11 is 0. The fourth-order valence-corrected chi connectivity index (χ4v) is 3.21. The number of aromatic nitrogens is 2. The number of Topliss-reactive ketones (excluding diaryl/α,β-unsaturated/α-hetero) is 1. The Kier molecular flexibility index (Phi) is 6.95. The highest BCUT2D eigenvalue weighted by Crippen LogP contribution is 2.12. The second kappa shape index (κ2) is 9.83. The van der Waals surface area contributed by atoms with Gasteiger partial charge in [-0.25, -0.2) is 4.98 Å². The molecule has 0 radical (unpaired) electrons. The topological polar surface area (TPSA) is 74.8 Å². The predicted octanol–water partition coefficient (Wildman–Crippen LogP) is 4.23. The average Bonchev–Trinajstić information content (AvgIpc) is 3.13. The van der Waals surface area contributed by atoms with E-state index in [0.717, 1.165) is 42.5 Å². The lowest BCUT2D eigenvalue weighted by molar-refractivity contribution is -0.121. The smallest absolute Gasteiger partial charge is 0.220 e. The molecule has 2 N–H and O–H groups in total. The highest BCUT2D eigenvalue weighted by atomic mass is 16.2. The van der Waals surface area contributed by atoms with Crippen LogP contribution in [0.15, 0.2) is 48.5 Å². The zero-order chi connectivity index (χ0) is 19.8. The maximum absolute atomic E-state index is 12.2. The lowest BCUT2D eigenvalue weighted by atomic mass is 10.0. The Bertz CT molecular complexity index is 895. The molecule has 0 saturated carbocycles. The Hall–Kier alpha value is -2.95. The number of rotatable bonds is 10. The van der Waals surface area contributed by atoms with Crippen LogP contribution in [-0.4, -0.2) is 28.2 Å². The molecule has 1 heterocycles. The summed E-state index contributed by atoms with van der Waals surface area (Å²) in [5.74, 6) is 0.859. The molecule has 28 heavy (non-hydrogen) atoms. The van der Waals surface area contributed by atoms with Gasteiger partial charge in [-0.05, 0) is 30.5 Å². The quantitative estimate of drug-likeness (QED) is 0.410. The minimum Gasteiger partial charge on any atom is -0.356 e. The van der Waals surface area contributed by atoms with Crippen LogP contribution in [0.25, 0.3) is 11.0 Å². The van der Waals surface area contributed by atoms with E-state index in [1.165, 1.54) is 5.56 Å². The summed E-state index contributed by atoms with van der Waals surface area (Å²) in [4.78, 5) is 32.0. The highest BCUT2D eigenvalue weighted by molar-refractivity contribution is 5.97. The number of nitrogens with zero attached hydrogens (tertiary/aromatic N) is 1. The number of aryl methyl sites for hydroxylation is 2. The Labute approximate surface area is 165 Å². The first-order valence-corrected chi connectivity index (χ1v) is 9.98. The molecule has 5 heteroatoms. The van der Waals surface area contributed by atoms with Gasteiger partial charge in [-0.1, -0.05) is 49.7 Å². The van der Waals surface area contributed by atoms with Gasteiger partial charge in [-0.15, -0.1) is 0 Å². The normalized spacial score (nSPS) is 10.9. The van der Waals surface area contributed by atoms with E-state index >= 15 is 0 Å². The minimum absolute atomic E-state index is 0.0143. The number of nitrogens with one attached hydrogen (secondary N) is 2. The van der Waals surface area contributed by atoms with Crippen LogP contribution >= 0.6 is 0 Å². The summed E-state index contributed by atoms with van der Waals surface area (Å²) in [6.07, 6.45) is 4.15. The number of fused-ring (bicyclic) bond motifs is 1. The average molecular weight is 377 g/mol. The van der Waals surface area contributed by atoms with Crippen molar-refractivity contribution in [3.05, 3.63) is 65.5 Å². The molecule has 1 amide bonds. The molecule has 0 aliphatic heterocycles. The maximum atomic E-state index is 12.2. The van der Waals surface area contributed by atoms with Gasteiger partial charge in [0.05, 0.1) is 11.0 Å². The van der Waals surface area contributed by atoms with Gasteiger partial charge < -0.3 is 10.3 Å². The number of H-pyrrole nitrogens is 1. The van der Waals surface area contributed by atoms with E-state index < -0.39 is 0 Å². The van der Waals surface area contributed by atoms with E-state index in [1.807, 2.05) is 48.5 Å². The van der Waals surface area contributed by atoms with Gasteiger partial charge in [0.2, 0.25) is 5.91 Å². The molecule has 3 rings (SSSR count). The van der Waals surface area contributed by atoms with Crippen LogP contribution in [0.5, 0.6) is 0 Å². The van der Waals surface area contributed by atoms with Crippen LogP contribution in [0, 0.1) is 0 Å². The fraction of sp³-hybridized carbons (Fsp3) is 0.348. The number of hydrogen-bond donors (Lipinski definition) is 2. The molecular weight excluding hydrogens is 350 g/mol. The first-order valence-electron chi connectivity index (χ1n) is 9.98. The Morgan fingerprint density at radius 1 is 1.00 bits per heavy atom. The third-order valence-corrected chi connectivity index (χ3v) is 4.74. The van der Waals surface area contributed by atoms with Gasteiger partial charge in [-0.3, -0.25) is 9.59 Å². The summed E-state index contributed by atoms with van der Waals surface area (Å²) in [7, 11) is 0. The number of amides is 1. The summed E-state index contributed by atoms with van der Waals surface area (Å²) in [5, 5.41) is 2.89. The molecule has 0 aliphatic carbocycles. The highest BCUT2D eigenvalue weighted by Gasteiger charge is 2.09. The Morgan fingerprint density at radius 2 is 1.79 bits per heavy atom. The van der Waals surface area contributed by atoms with Crippen molar-refractivity contribution in [2.45, 2.75) is 45.4 Å². The largest absolute Gasteiger partial charge is 0.356 e. The fourth-order valence-electron chi connectivity index (χ4n) is 3.21. The first-order chi connectivity index (χ1) is 13.7. The first kappa shape index (κ1) is 19.8. The van der Waals surface area contributed by atoms with Crippen LogP contribution in [0.3, 0.4) is 0 Å². The maximum Gasteiger partial charge on any atom is 0.220 e. The van der Waals surface area contributed by atoms with Crippen molar-refractivity contribution >= 4 is 22.7 Å². The molecule has 0 fully saturated rings. The summed E-state index contributed by atoms with van der Waals surface area (Å²) in [5.41, 5.74) is 3.91. The van der Waals surface area contributed by atoms with Crippen molar-refractivity contribution in [1.29, 1.82) is 0 Å². The van der Waals surface area contributed by atoms with E-state index in [4.69, 9.17) is 0 Å². The summed E-state index contributed by atoms with van der Waals surface area (Å²) < 4.78 is 0. The van der Waals surface area contributed by atoms with E-state index in [-0.39, 0.29) is 24.5 Å². The zero-order valence-electron chi connectivity index (χ0n) is 16.3. The molecule has 1 aromatic heterocycles. The van der Waals surface area contributed by atoms with Crippen molar-refractivity contribution in [1.82, 2.24) is 15.3 Å². The molecule has 146 valence electrons. The minimum atomic E-state index is -0.0828. The SMILES string of the molecule is CCCc1ccc(C(=O)CCC(=O)NCCCc2nc3ccccc3[nH]2)cc1. The third-order valence-electron chi connectivity index (χ3n) is 4.74. The van der Waals surface area contributed by atoms with Gasteiger partial charge in [0.15, 0.2) is 5.78 Å². The van der Waals surface area contributed by atoms with E-state index in [2.05, 4.69) is 22.2 Å². The van der Waals surface area contributed by atoms with Crippen LogP contribution in [-0.2, 0) is 17.6 Å². The second-order valence-corrected chi connectivity index (χ2v) is 7.02. The third kappa shape index (κ3) is 5.52. The van der Waals surface area contributed by atoms with Crippen molar-refractivity contribution in [3.8, 4) is 0 Å². The monoisotopic (exact) mass is 377 g/mol. The molecule has 0 bridgehead atoms. The van der Waals surface area contributed by atoms with Gasteiger partial charge >= 0.3 is 0 Å². The van der Waals surface area contributed by atoms with Gasteiger partial charge in [0.1, 0.15) is 5.82 Å². The standard InChI is InChI=1S/C23H27N3O2/c1-2-6-17-10-12-18(13-11-17)21(27)14-15-23(28)24-16-5-9-22-25-19-7-3-4-8-20(19)26-22/h3-4,7-8,10-13H,2,5-6,9,14-16H2,1H3,(H,24,28)(H,25,26). The molecule has 0 unspecified atom stereocenters. The van der Waals surface area contributed by atoms with Crippen LogP contribution < -0.4 is 5.32 Å². The van der Waals surface area contributed by atoms with Crippen molar-refractivity contribution in [2.75, 3.05) is 6.54 Å². The number of carbonyl (C=O) groups excluding carboxylic acids is 2. The molecule has 3 aromatic rings. The number of imidazole rings is 1. The second-order valence-electron chi connectivity index (χ2n) is 7.02. The van der Waals surface area contributed by atoms with E-state index in [9.17, 15) is 9.59 Å². The van der Waals surface area contributed by atoms with Crippen molar-refractivity contribution in [2.24, 2.45) is 0 Å². The van der Waals surface area contributed by atoms with Gasteiger partial charge in [0.25, 0.3) is 0 Å². The van der Waals surface area contributed by atoms with Crippen molar-refractivity contribution in [3.63, 3.8) is 0 Å². The van der Waals surface area contributed by atoms with E-state index in [1.54, 1.807) is 0 Å². The molecule has 2 aromatic carbocycles. The molecule has 5 nitrogen and oxygen atoms in total. The summed E-state index contributed by atoms with van der Waals surface area (Å²) in [6, 6.07) is 15.6. The molecule has 0 spiro atoms. The lowest BCUT2D eigenvalue weighted by Gasteiger charge is -2.05. The number of hydrogen-bond acceptors (Lipinski definition) is 3.